The van der Waals surface area contributed by atoms with Crippen molar-refractivity contribution in [1.82, 2.24) is 0 Å². The van der Waals surface area contributed by atoms with Crippen LogP contribution in [0.2, 0.25) is 0 Å². The first kappa shape index (κ1) is 9.08. The number of halogens is 2. The molecule has 0 radical (unpaired) electrons. The summed E-state index contributed by atoms with van der Waals surface area (Å²) in [6.45, 7) is 1.34. The van der Waals surface area contributed by atoms with Crippen LogP contribution in [0, 0.1) is 0 Å². The number of hydrogen-bond acceptors (Lipinski definition) is 1. The van der Waals surface area contributed by atoms with Gasteiger partial charge in [-0.05, 0) is 6.42 Å². The SMILES string of the molecule is CCC(=O)C(Br)CCF. The zero-order valence-electron chi connectivity index (χ0n) is 5.36. The molecule has 0 saturated carbocycles. The molecular formula is C6H10BrFO. The molecule has 1 nitrogen and oxygen atoms in total. The van der Waals surface area contributed by atoms with Crippen LogP contribution in [0.5, 0.6) is 0 Å². The van der Waals surface area contributed by atoms with E-state index in [0.29, 0.717) is 12.8 Å². The molecule has 0 heterocycles. The molecule has 0 aliphatic carbocycles. The van der Waals surface area contributed by atoms with Crippen LogP contribution in [0.4, 0.5) is 4.39 Å². The second kappa shape index (κ2) is 4.91. The van der Waals surface area contributed by atoms with Crippen LogP contribution in [0.3, 0.4) is 0 Å². The van der Waals surface area contributed by atoms with E-state index in [4.69, 9.17) is 0 Å². The molecule has 0 aliphatic heterocycles. The Bertz CT molecular complexity index is 95.1. The molecule has 0 N–H and O–H groups in total. The van der Waals surface area contributed by atoms with E-state index in [1.165, 1.54) is 0 Å². The molecule has 0 aromatic carbocycles. The summed E-state index contributed by atoms with van der Waals surface area (Å²) in [6.07, 6.45) is 0.780. The summed E-state index contributed by atoms with van der Waals surface area (Å²) in [5.74, 6) is 0.0765. The van der Waals surface area contributed by atoms with Gasteiger partial charge in [0.05, 0.1) is 11.5 Å². The van der Waals surface area contributed by atoms with Crippen molar-refractivity contribution in [2.75, 3.05) is 6.67 Å². The third-order valence-corrected chi connectivity index (χ3v) is 2.03. The molecule has 0 aromatic rings. The average Bonchev–Trinajstić information content (AvgIpc) is 1.87. The summed E-state index contributed by atoms with van der Waals surface area (Å²) in [7, 11) is 0. The van der Waals surface area contributed by atoms with Crippen LogP contribution >= 0.6 is 15.9 Å². The van der Waals surface area contributed by atoms with Crippen molar-refractivity contribution in [1.29, 1.82) is 0 Å². The van der Waals surface area contributed by atoms with Gasteiger partial charge in [0.2, 0.25) is 0 Å². The van der Waals surface area contributed by atoms with Gasteiger partial charge in [0.15, 0.2) is 0 Å². The normalized spacial score (nSPS) is 13.2. The van der Waals surface area contributed by atoms with Crippen molar-refractivity contribution in [2.45, 2.75) is 24.6 Å². The van der Waals surface area contributed by atoms with Crippen molar-refractivity contribution < 1.29 is 9.18 Å². The van der Waals surface area contributed by atoms with E-state index in [-0.39, 0.29) is 10.6 Å². The maximum atomic E-state index is 11.6. The Hall–Kier alpha value is 0.0800. The van der Waals surface area contributed by atoms with Crippen LogP contribution in [-0.2, 0) is 4.79 Å². The fraction of sp³-hybridized carbons (Fsp3) is 0.833. The lowest BCUT2D eigenvalue weighted by molar-refractivity contribution is -0.118. The summed E-state index contributed by atoms with van der Waals surface area (Å²) in [4.78, 5) is 10.4. The lowest BCUT2D eigenvalue weighted by Gasteiger charge is -2.01. The molecule has 0 fully saturated rings. The van der Waals surface area contributed by atoms with Crippen molar-refractivity contribution >= 4 is 21.7 Å². The monoisotopic (exact) mass is 196 g/mol. The van der Waals surface area contributed by atoms with E-state index in [9.17, 15) is 9.18 Å². The minimum atomic E-state index is -0.429. The maximum absolute atomic E-state index is 11.6. The molecule has 1 atom stereocenters. The van der Waals surface area contributed by atoms with Gasteiger partial charge in [-0.3, -0.25) is 9.18 Å². The van der Waals surface area contributed by atoms with Crippen LogP contribution < -0.4 is 0 Å². The first-order valence-electron chi connectivity index (χ1n) is 2.95. The summed E-state index contributed by atoms with van der Waals surface area (Å²) in [6, 6.07) is 0. The average molecular weight is 197 g/mol. The van der Waals surface area contributed by atoms with Gasteiger partial charge in [0.1, 0.15) is 5.78 Å². The Balaban J connectivity index is 3.45. The van der Waals surface area contributed by atoms with Gasteiger partial charge < -0.3 is 0 Å². The molecule has 54 valence electrons. The number of alkyl halides is 2. The van der Waals surface area contributed by atoms with Crippen LogP contribution in [-0.4, -0.2) is 17.3 Å². The van der Waals surface area contributed by atoms with E-state index in [1.54, 1.807) is 6.92 Å². The van der Waals surface area contributed by atoms with Crippen molar-refractivity contribution in [3.05, 3.63) is 0 Å². The Morgan fingerprint density at radius 2 is 2.33 bits per heavy atom. The van der Waals surface area contributed by atoms with Crippen molar-refractivity contribution in [2.24, 2.45) is 0 Å². The van der Waals surface area contributed by atoms with Gasteiger partial charge in [-0.1, -0.05) is 22.9 Å². The van der Waals surface area contributed by atoms with Gasteiger partial charge in [0, 0.05) is 6.42 Å². The third kappa shape index (κ3) is 3.62. The summed E-state index contributed by atoms with van der Waals surface area (Å²) in [5.41, 5.74) is 0. The van der Waals surface area contributed by atoms with E-state index >= 15 is 0 Å². The molecule has 0 spiro atoms. The van der Waals surface area contributed by atoms with E-state index in [2.05, 4.69) is 15.9 Å². The quantitative estimate of drug-likeness (QED) is 0.630. The lowest BCUT2D eigenvalue weighted by Crippen LogP contribution is -2.12. The second-order valence-electron chi connectivity index (χ2n) is 1.77. The number of carbonyl (C=O) groups excluding carboxylic acids is 1. The molecule has 0 aliphatic rings. The molecule has 1 unspecified atom stereocenters. The summed E-state index contributed by atoms with van der Waals surface area (Å²) >= 11 is 3.07. The first-order valence-corrected chi connectivity index (χ1v) is 3.86. The van der Waals surface area contributed by atoms with Gasteiger partial charge in [0.25, 0.3) is 0 Å². The summed E-state index contributed by atoms with van der Waals surface area (Å²) in [5, 5.41) is 0. The molecule has 0 bridgehead atoms. The molecule has 0 rings (SSSR count). The Morgan fingerprint density at radius 1 is 1.78 bits per heavy atom. The predicted molar refractivity (Wildman–Crippen MR) is 38.6 cm³/mol. The smallest absolute Gasteiger partial charge is 0.146 e. The molecule has 3 heteroatoms. The highest BCUT2D eigenvalue weighted by molar-refractivity contribution is 9.10. The molecule has 0 amide bonds. The van der Waals surface area contributed by atoms with Gasteiger partial charge in [-0.2, -0.15) is 0 Å². The molecular weight excluding hydrogens is 187 g/mol. The number of Topliss-reactive ketones (excluding diaryl/α,β-unsaturated/α-hetero) is 1. The fourth-order valence-corrected chi connectivity index (χ4v) is 0.975. The van der Waals surface area contributed by atoms with Gasteiger partial charge >= 0.3 is 0 Å². The lowest BCUT2D eigenvalue weighted by atomic mass is 10.2. The zero-order chi connectivity index (χ0) is 7.28. The number of carbonyl (C=O) groups is 1. The Labute approximate surface area is 62.8 Å². The summed E-state index contributed by atoms with van der Waals surface area (Å²) < 4.78 is 11.6. The van der Waals surface area contributed by atoms with Crippen LogP contribution in [0.25, 0.3) is 0 Å². The topological polar surface area (TPSA) is 17.1 Å². The number of hydrogen-bond donors (Lipinski definition) is 0. The van der Waals surface area contributed by atoms with Crippen LogP contribution in [0.15, 0.2) is 0 Å². The number of ketones is 1. The standard InChI is InChI=1S/C6H10BrFO/c1-2-6(9)5(7)3-4-8/h5H,2-4H2,1H3. The highest BCUT2D eigenvalue weighted by atomic mass is 79.9. The Morgan fingerprint density at radius 3 is 2.67 bits per heavy atom. The highest BCUT2D eigenvalue weighted by Gasteiger charge is 2.10. The van der Waals surface area contributed by atoms with E-state index in [0.717, 1.165) is 0 Å². The van der Waals surface area contributed by atoms with E-state index in [1.807, 2.05) is 0 Å². The fourth-order valence-electron chi connectivity index (χ4n) is 0.478. The Kier molecular flexibility index (Phi) is 4.96. The van der Waals surface area contributed by atoms with Gasteiger partial charge in [-0.15, -0.1) is 0 Å². The third-order valence-electron chi connectivity index (χ3n) is 1.06. The maximum Gasteiger partial charge on any atom is 0.146 e. The molecule has 9 heavy (non-hydrogen) atoms. The molecule has 0 aromatic heterocycles. The predicted octanol–water partition coefficient (Wildman–Crippen LogP) is 2.09. The zero-order valence-corrected chi connectivity index (χ0v) is 6.95. The highest BCUT2D eigenvalue weighted by Crippen LogP contribution is 2.08. The second-order valence-corrected chi connectivity index (χ2v) is 2.87. The van der Waals surface area contributed by atoms with Crippen molar-refractivity contribution in [3.8, 4) is 0 Å². The minimum absolute atomic E-state index is 0.0765. The van der Waals surface area contributed by atoms with E-state index < -0.39 is 6.67 Å². The van der Waals surface area contributed by atoms with Crippen molar-refractivity contribution in [3.63, 3.8) is 0 Å². The first-order chi connectivity index (χ1) is 4.22. The molecule has 0 saturated heterocycles. The number of rotatable bonds is 4. The minimum Gasteiger partial charge on any atom is -0.298 e. The van der Waals surface area contributed by atoms with Gasteiger partial charge in [-0.25, -0.2) is 0 Å². The van der Waals surface area contributed by atoms with Crippen LogP contribution in [0.1, 0.15) is 19.8 Å². The largest absolute Gasteiger partial charge is 0.298 e.